The van der Waals surface area contributed by atoms with Gasteiger partial charge in [0.1, 0.15) is 11.2 Å². The van der Waals surface area contributed by atoms with E-state index in [9.17, 15) is 0 Å². The predicted octanol–water partition coefficient (Wildman–Crippen LogP) is 11.7. The number of hydrogen-bond donors (Lipinski definition) is 0. The number of fused-ring (bicyclic) bond motifs is 9. The van der Waals surface area contributed by atoms with Gasteiger partial charge in [0, 0.05) is 39.3 Å². The monoisotopic (exact) mass is 551 g/mol. The summed E-state index contributed by atoms with van der Waals surface area (Å²) in [6.07, 6.45) is 0. The molecule has 0 spiro atoms. The van der Waals surface area contributed by atoms with Crippen molar-refractivity contribution in [1.82, 2.24) is 0 Å². The molecule has 2 nitrogen and oxygen atoms in total. The van der Waals surface area contributed by atoms with Crippen molar-refractivity contribution in [3.05, 3.63) is 151 Å². The van der Waals surface area contributed by atoms with Crippen molar-refractivity contribution in [2.24, 2.45) is 0 Å². The van der Waals surface area contributed by atoms with Gasteiger partial charge >= 0.3 is 0 Å². The molecule has 8 aromatic rings. The average molecular weight is 552 g/mol. The summed E-state index contributed by atoms with van der Waals surface area (Å²) in [4.78, 5) is 2.32. The lowest BCUT2D eigenvalue weighted by Crippen LogP contribution is -2.14. The summed E-state index contributed by atoms with van der Waals surface area (Å²) in [7, 11) is 0. The van der Waals surface area contributed by atoms with Gasteiger partial charge in [0.05, 0.1) is 0 Å². The fourth-order valence-corrected chi connectivity index (χ4v) is 7.27. The zero-order valence-corrected chi connectivity index (χ0v) is 24.1. The maximum atomic E-state index is 6.28. The standard InChI is InChI=1S/C41H29NO/c1-41(2)37-14-8-6-12-32(37)36-23-27-17-16-26-22-29(18-20-31(26)35(27)25-38(36)41)42(28-10-4-3-5-11-28)30-19-21-34-33-13-7-9-15-39(33)43-40(34)24-30/h3-25H,1-2H3. The molecular formula is C41H29NO. The molecule has 1 aromatic heterocycles. The van der Waals surface area contributed by atoms with Crippen LogP contribution in [0.1, 0.15) is 25.0 Å². The van der Waals surface area contributed by atoms with E-state index in [-0.39, 0.29) is 5.41 Å². The average Bonchev–Trinajstić information content (AvgIpc) is 3.52. The number of hydrogen-bond acceptors (Lipinski definition) is 2. The smallest absolute Gasteiger partial charge is 0.137 e. The lowest BCUT2D eigenvalue weighted by Gasteiger charge is -2.26. The first-order chi connectivity index (χ1) is 21.1. The summed E-state index contributed by atoms with van der Waals surface area (Å²) in [6, 6.07) is 50.5. The first kappa shape index (κ1) is 24.3. The third kappa shape index (κ3) is 3.53. The van der Waals surface area contributed by atoms with E-state index in [1.165, 1.54) is 43.8 Å². The van der Waals surface area contributed by atoms with Crippen LogP contribution in [0.4, 0.5) is 17.1 Å². The third-order valence-corrected chi connectivity index (χ3v) is 9.41. The molecule has 2 heteroatoms. The van der Waals surface area contributed by atoms with Crippen molar-refractivity contribution in [2.45, 2.75) is 19.3 Å². The van der Waals surface area contributed by atoms with Crippen LogP contribution in [0, 0.1) is 0 Å². The molecule has 0 radical (unpaired) electrons. The van der Waals surface area contributed by atoms with Gasteiger partial charge < -0.3 is 9.32 Å². The summed E-state index contributed by atoms with van der Waals surface area (Å²) in [5.41, 5.74) is 10.6. The van der Waals surface area contributed by atoms with Crippen LogP contribution in [-0.4, -0.2) is 0 Å². The Kier molecular flexibility index (Phi) is 4.99. The Bertz CT molecular complexity index is 2380. The zero-order chi connectivity index (χ0) is 28.7. The van der Waals surface area contributed by atoms with Crippen molar-refractivity contribution in [3.8, 4) is 11.1 Å². The molecule has 43 heavy (non-hydrogen) atoms. The molecule has 9 rings (SSSR count). The second kappa shape index (κ2) is 8.83. The molecule has 204 valence electrons. The van der Waals surface area contributed by atoms with Gasteiger partial charge in [0.2, 0.25) is 0 Å². The van der Waals surface area contributed by atoms with Crippen molar-refractivity contribution < 1.29 is 4.42 Å². The number of benzene rings is 7. The Balaban J connectivity index is 1.22. The lowest BCUT2D eigenvalue weighted by atomic mass is 9.81. The van der Waals surface area contributed by atoms with Crippen LogP contribution in [0.3, 0.4) is 0 Å². The Morgan fingerprint density at radius 1 is 0.442 bits per heavy atom. The molecule has 1 aliphatic rings. The minimum atomic E-state index is -0.0262. The molecule has 7 aromatic carbocycles. The summed E-state index contributed by atoms with van der Waals surface area (Å²) in [6.45, 7) is 4.70. The number of anilines is 3. The number of nitrogens with zero attached hydrogens (tertiary/aromatic N) is 1. The highest BCUT2D eigenvalue weighted by atomic mass is 16.3. The lowest BCUT2D eigenvalue weighted by molar-refractivity contribution is 0.661. The van der Waals surface area contributed by atoms with E-state index in [4.69, 9.17) is 4.42 Å². The largest absolute Gasteiger partial charge is 0.456 e. The second-order valence-electron chi connectivity index (χ2n) is 12.2. The third-order valence-electron chi connectivity index (χ3n) is 9.41. The van der Waals surface area contributed by atoms with E-state index in [0.717, 1.165) is 39.0 Å². The van der Waals surface area contributed by atoms with Crippen LogP contribution in [0.5, 0.6) is 0 Å². The minimum absolute atomic E-state index is 0.0262. The molecule has 0 saturated heterocycles. The molecule has 0 unspecified atom stereocenters. The zero-order valence-electron chi connectivity index (χ0n) is 24.1. The summed E-state index contributed by atoms with van der Waals surface area (Å²) in [5.74, 6) is 0. The summed E-state index contributed by atoms with van der Waals surface area (Å²) < 4.78 is 6.28. The molecular weight excluding hydrogens is 522 g/mol. The van der Waals surface area contributed by atoms with Gasteiger partial charge in [-0.3, -0.25) is 0 Å². The molecule has 0 bridgehead atoms. The SMILES string of the molecule is CC1(C)c2ccccc2-c2cc3ccc4cc(N(c5ccccc5)c5ccc6c(c5)oc5ccccc56)ccc4c3cc21. The van der Waals surface area contributed by atoms with Crippen LogP contribution >= 0.6 is 0 Å². The predicted molar refractivity (Wildman–Crippen MR) is 181 cm³/mol. The van der Waals surface area contributed by atoms with E-state index in [1.54, 1.807) is 0 Å². The molecule has 1 aliphatic carbocycles. The fourth-order valence-electron chi connectivity index (χ4n) is 7.27. The Morgan fingerprint density at radius 3 is 1.98 bits per heavy atom. The topological polar surface area (TPSA) is 16.4 Å². The maximum absolute atomic E-state index is 6.28. The second-order valence-corrected chi connectivity index (χ2v) is 12.2. The fraction of sp³-hybridized carbons (Fsp3) is 0.0732. The van der Waals surface area contributed by atoms with E-state index < -0.39 is 0 Å². The van der Waals surface area contributed by atoms with Crippen LogP contribution in [-0.2, 0) is 5.41 Å². The highest BCUT2D eigenvalue weighted by Crippen LogP contribution is 2.50. The van der Waals surface area contributed by atoms with Gasteiger partial charge in [-0.2, -0.15) is 0 Å². The van der Waals surface area contributed by atoms with Crippen LogP contribution in [0.15, 0.2) is 144 Å². The molecule has 1 heterocycles. The first-order valence-corrected chi connectivity index (χ1v) is 14.9. The maximum Gasteiger partial charge on any atom is 0.137 e. The molecule has 0 saturated carbocycles. The molecule has 0 atom stereocenters. The molecule has 0 N–H and O–H groups in total. The summed E-state index contributed by atoms with van der Waals surface area (Å²) in [5, 5.41) is 7.36. The van der Waals surface area contributed by atoms with Crippen LogP contribution in [0.2, 0.25) is 0 Å². The van der Waals surface area contributed by atoms with Crippen molar-refractivity contribution >= 4 is 60.5 Å². The van der Waals surface area contributed by atoms with Gasteiger partial charge in [0.25, 0.3) is 0 Å². The van der Waals surface area contributed by atoms with Gasteiger partial charge in [-0.1, -0.05) is 92.7 Å². The van der Waals surface area contributed by atoms with E-state index >= 15 is 0 Å². The molecule has 0 aliphatic heterocycles. The summed E-state index contributed by atoms with van der Waals surface area (Å²) >= 11 is 0. The highest BCUT2D eigenvalue weighted by molar-refractivity contribution is 6.11. The van der Waals surface area contributed by atoms with Crippen molar-refractivity contribution in [1.29, 1.82) is 0 Å². The Labute approximate surface area is 250 Å². The molecule has 0 amide bonds. The first-order valence-electron chi connectivity index (χ1n) is 14.9. The number of para-hydroxylation sites is 2. The van der Waals surface area contributed by atoms with E-state index in [1.807, 2.05) is 12.1 Å². The number of furan rings is 1. The van der Waals surface area contributed by atoms with Crippen LogP contribution in [0.25, 0.3) is 54.6 Å². The van der Waals surface area contributed by atoms with E-state index in [2.05, 4.69) is 146 Å². The van der Waals surface area contributed by atoms with Gasteiger partial charge in [-0.15, -0.1) is 0 Å². The number of rotatable bonds is 3. The van der Waals surface area contributed by atoms with Gasteiger partial charge in [-0.05, 0) is 98.4 Å². The quantitative estimate of drug-likeness (QED) is 0.203. The molecule has 0 fully saturated rings. The minimum Gasteiger partial charge on any atom is -0.456 e. The van der Waals surface area contributed by atoms with Crippen molar-refractivity contribution in [2.75, 3.05) is 4.90 Å². The normalized spacial score (nSPS) is 13.5. The van der Waals surface area contributed by atoms with Crippen LogP contribution < -0.4 is 4.90 Å². The van der Waals surface area contributed by atoms with Gasteiger partial charge in [0.15, 0.2) is 0 Å². The highest BCUT2D eigenvalue weighted by Gasteiger charge is 2.35. The van der Waals surface area contributed by atoms with E-state index in [0.29, 0.717) is 0 Å². The van der Waals surface area contributed by atoms with Gasteiger partial charge in [-0.25, -0.2) is 0 Å². The Morgan fingerprint density at radius 2 is 1.12 bits per heavy atom. The Hall–Kier alpha value is -5.34. The van der Waals surface area contributed by atoms with Crippen molar-refractivity contribution in [3.63, 3.8) is 0 Å².